The maximum Gasteiger partial charge on any atom is 0.214 e. The molecular weight excluding hydrogens is 282 g/mol. The highest BCUT2D eigenvalue weighted by molar-refractivity contribution is 7.99. The second-order valence-electron chi connectivity index (χ2n) is 4.11. The Labute approximate surface area is 119 Å². The third kappa shape index (κ3) is 3.04. The summed E-state index contributed by atoms with van der Waals surface area (Å²) < 4.78 is 27.4. The molecule has 0 fully saturated rings. The second kappa shape index (κ2) is 6.13. The van der Waals surface area contributed by atoms with Crippen LogP contribution in [0.4, 0.5) is 14.5 Å². The molecule has 2 aromatic rings. The lowest BCUT2D eigenvalue weighted by Gasteiger charge is -2.07. The number of aryl methyl sites for hydroxylation is 2. The van der Waals surface area contributed by atoms with Crippen LogP contribution >= 0.6 is 11.8 Å². The molecule has 7 heteroatoms. The monoisotopic (exact) mass is 296 g/mol. The maximum atomic E-state index is 13.7. The molecule has 0 bridgehead atoms. The molecule has 106 valence electrons. The van der Waals surface area contributed by atoms with Gasteiger partial charge in [0.15, 0.2) is 0 Å². The minimum atomic E-state index is -0.728. The number of hydrogen-bond donors (Lipinski definition) is 1. The highest BCUT2D eigenvalue weighted by Crippen LogP contribution is 2.31. The van der Waals surface area contributed by atoms with E-state index >= 15 is 0 Å². The van der Waals surface area contributed by atoms with Gasteiger partial charge in [0.25, 0.3) is 0 Å². The fraction of sp³-hybridized carbons (Fsp3) is 0.308. The Morgan fingerprint density at radius 3 is 2.20 bits per heavy atom. The zero-order chi connectivity index (χ0) is 14.7. The maximum absolute atomic E-state index is 13.7. The Balaban J connectivity index is 2.35. The summed E-state index contributed by atoms with van der Waals surface area (Å²) in [6.07, 6.45) is 1.41. The van der Waals surface area contributed by atoms with Crippen molar-refractivity contribution in [3.05, 3.63) is 35.2 Å². The average molecular weight is 296 g/mol. The summed E-state index contributed by atoms with van der Waals surface area (Å²) in [6, 6.07) is 2.14. The Kier molecular flexibility index (Phi) is 4.49. The van der Waals surface area contributed by atoms with Gasteiger partial charge in [0, 0.05) is 5.69 Å². The average Bonchev–Trinajstić information content (AvgIpc) is 2.42. The molecule has 0 unspecified atom stereocenters. The Hall–Kier alpha value is -1.76. The van der Waals surface area contributed by atoms with Crippen molar-refractivity contribution in [3.63, 3.8) is 0 Å². The van der Waals surface area contributed by atoms with Crippen LogP contribution in [0.2, 0.25) is 0 Å². The summed E-state index contributed by atoms with van der Waals surface area (Å²) in [6.45, 7) is 3.90. The molecule has 1 aromatic heterocycles. The summed E-state index contributed by atoms with van der Waals surface area (Å²) in [5.41, 5.74) is 7.01. The smallest absolute Gasteiger partial charge is 0.214 e. The standard InChI is InChI=1S/C13H14F2N4S/c1-3-10-11(4-2)18-19-13(17-10)20-12-8(14)5-7(16)6-9(12)15/h5-6H,3-4,16H2,1-2H3. The van der Waals surface area contributed by atoms with Crippen LogP contribution in [0.25, 0.3) is 0 Å². The van der Waals surface area contributed by atoms with E-state index in [2.05, 4.69) is 15.2 Å². The van der Waals surface area contributed by atoms with Gasteiger partial charge < -0.3 is 5.73 Å². The zero-order valence-electron chi connectivity index (χ0n) is 11.2. The van der Waals surface area contributed by atoms with E-state index in [0.717, 1.165) is 41.7 Å². The van der Waals surface area contributed by atoms with Crippen molar-refractivity contribution in [2.45, 2.75) is 36.7 Å². The first kappa shape index (κ1) is 14.6. The first-order valence-electron chi connectivity index (χ1n) is 6.20. The fourth-order valence-corrected chi connectivity index (χ4v) is 2.47. The van der Waals surface area contributed by atoms with Crippen molar-refractivity contribution in [2.24, 2.45) is 0 Å². The van der Waals surface area contributed by atoms with Crippen LogP contribution in [0.3, 0.4) is 0 Å². The molecule has 2 N–H and O–H groups in total. The van der Waals surface area contributed by atoms with Gasteiger partial charge >= 0.3 is 0 Å². The molecule has 0 aliphatic heterocycles. The van der Waals surface area contributed by atoms with Gasteiger partial charge in [0.1, 0.15) is 11.6 Å². The van der Waals surface area contributed by atoms with Crippen molar-refractivity contribution < 1.29 is 8.78 Å². The van der Waals surface area contributed by atoms with Crippen LogP contribution in [0.5, 0.6) is 0 Å². The Morgan fingerprint density at radius 2 is 1.65 bits per heavy atom. The number of benzene rings is 1. The summed E-state index contributed by atoms with van der Waals surface area (Å²) in [5, 5.41) is 8.16. The van der Waals surface area contributed by atoms with Crippen molar-refractivity contribution in [1.82, 2.24) is 15.2 Å². The second-order valence-corrected chi connectivity index (χ2v) is 5.09. The Bertz CT molecular complexity index is 611. The van der Waals surface area contributed by atoms with Gasteiger partial charge in [0.2, 0.25) is 5.16 Å². The van der Waals surface area contributed by atoms with Crippen LogP contribution in [-0.4, -0.2) is 15.2 Å². The van der Waals surface area contributed by atoms with Crippen LogP contribution in [0.15, 0.2) is 22.2 Å². The molecule has 0 saturated heterocycles. The van der Waals surface area contributed by atoms with Gasteiger partial charge in [-0.15, -0.1) is 5.10 Å². The first-order valence-corrected chi connectivity index (χ1v) is 7.01. The first-order chi connectivity index (χ1) is 9.55. The summed E-state index contributed by atoms with van der Waals surface area (Å²) in [5.74, 6) is -1.46. The van der Waals surface area contributed by atoms with E-state index in [4.69, 9.17) is 5.73 Å². The van der Waals surface area contributed by atoms with Gasteiger partial charge in [-0.25, -0.2) is 13.8 Å². The number of aromatic nitrogens is 3. The van der Waals surface area contributed by atoms with Crippen molar-refractivity contribution in [3.8, 4) is 0 Å². The van der Waals surface area contributed by atoms with Gasteiger partial charge in [-0.2, -0.15) is 5.10 Å². The minimum Gasteiger partial charge on any atom is -0.399 e. The number of nitrogens with zero attached hydrogens (tertiary/aromatic N) is 3. The third-order valence-electron chi connectivity index (χ3n) is 2.70. The highest BCUT2D eigenvalue weighted by Gasteiger charge is 2.15. The molecule has 0 spiro atoms. The van der Waals surface area contributed by atoms with Crippen LogP contribution < -0.4 is 5.73 Å². The molecule has 4 nitrogen and oxygen atoms in total. The molecule has 1 aromatic carbocycles. The zero-order valence-corrected chi connectivity index (χ0v) is 12.0. The van der Waals surface area contributed by atoms with E-state index in [1.807, 2.05) is 13.8 Å². The molecule has 0 aliphatic carbocycles. The topological polar surface area (TPSA) is 64.7 Å². The van der Waals surface area contributed by atoms with E-state index in [-0.39, 0.29) is 15.7 Å². The van der Waals surface area contributed by atoms with E-state index < -0.39 is 11.6 Å². The molecule has 0 aliphatic rings. The number of hydrogen-bond acceptors (Lipinski definition) is 5. The van der Waals surface area contributed by atoms with Crippen LogP contribution in [-0.2, 0) is 12.8 Å². The molecular formula is C13H14F2N4S. The van der Waals surface area contributed by atoms with Gasteiger partial charge in [0.05, 0.1) is 16.3 Å². The van der Waals surface area contributed by atoms with E-state index in [1.54, 1.807) is 0 Å². The van der Waals surface area contributed by atoms with Crippen molar-refractivity contribution in [2.75, 3.05) is 5.73 Å². The third-order valence-corrected chi connectivity index (χ3v) is 3.65. The number of halogens is 2. The van der Waals surface area contributed by atoms with E-state index in [9.17, 15) is 8.78 Å². The normalized spacial score (nSPS) is 10.8. The lowest BCUT2D eigenvalue weighted by Crippen LogP contribution is -2.04. The van der Waals surface area contributed by atoms with Crippen molar-refractivity contribution in [1.29, 1.82) is 0 Å². The van der Waals surface area contributed by atoms with Gasteiger partial charge in [-0.1, -0.05) is 13.8 Å². The van der Waals surface area contributed by atoms with Crippen molar-refractivity contribution >= 4 is 17.4 Å². The fourth-order valence-electron chi connectivity index (χ4n) is 1.73. The van der Waals surface area contributed by atoms with E-state index in [0.29, 0.717) is 6.42 Å². The SMILES string of the molecule is CCc1nnc(Sc2c(F)cc(N)cc2F)nc1CC. The largest absolute Gasteiger partial charge is 0.399 e. The van der Waals surface area contributed by atoms with Crippen LogP contribution in [0, 0.1) is 11.6 Å². The molecule has 1 heterocycles. The molecule has 20 heavy (non-hydrogen) atoms. The summed E-state index contributed by atoms with van der Waals surface area (Å²) in [4.78, 5) is 4.11. The number of anilines is 1. The highest BCUT2D eigenvalue weighted by atomic mass is 32.2. The van der Waals surface area contributed by atoms with Crippen LogP contribution in [0.1, 0.15) is 25.2 Å². The Morgan fingerprint density at radius 1 is 1.05 bits per heavy atom. The molecule has 0 atom stereocenters. The summed E-state index contributed by atoms with van der Waals surface area (Å²) >= 11 is 0.808. The molecule has 0 amide bonds. The quantitative estimate of drug-likeness (QED) is 0.879. The predicted octanol–water partition coefficient (Wildman–Crippen LogP) is 3.01. The number of nitrogen functional groups attached to an aromatic ring is 1. The predicted molar refractivity (Wildman–Crippen MR) is 73.5 cm³/mol. The minimum absolute atomic E-state index is 0.0407. The lowest BCUT2D eigenvalue weighted by molar-refractivity contribution is 0.541. The molecule has 0 saturated carbocycles. The number of nitrogens with two attached hydrogens (primary N) is 1. The summed E-state index contributed by atoms with van der Waals surface area (Å²) in [7, 11) is 0. The number of rotatable bonds is 4. The molecule has 0 radical (unpaired) electrons. The molecule has 2 rings (SSSR count). The van der Waals surface area contributed by atoms with Gasteiger partial charge in [-0.3, -0.25) is 0 Å². The lowest BCUT2D eigenvalue weighted by atomic mass is 10.2. The van der Waals surface area contributed by atoms with E-state index in [1.165, 1.54) is 0 Å². The van der Waals surface area contributed by atoms with Gasteiger partial charge in [-0.05, 0) is 36.7 Å².